The fourth-order valence-electron chi connectivity index (χ4n) is 1.29. The minimum atomic E-state index is -4.23. The van der Waals surface area contributed by atoms with Gasteiger partial charge < -0.3 is 4.52 Å². The lowest BCUT2D eigenvalue weighted by Crippen LogP contribution is -2.12. The summed E-state index contributed by atoms with van der Waals surface area (Å²) in [4.78, 5) is -0.494. The summed E-state index contributed by atoms with van der Waals surface area (Å²) >= 11 is 0. The van der Waals surface area contributed by atoms with Crippen LogP contribution in [0.1, 0.15) is 12.5 Å². The van der Waals surface area contributed by atoms with Gasteiger partial charge in [-0.1, -0.05) is 19.1 Å². The largest absolute Gasteiger partial charge is 0.304 e. The fraction of sp³-hybridized carbons (Fsp3) is 0.333. The Balaban J connectivity index is 3.09. The van der Waals surface area contributed by atoms with Crippen molar-refractivity contribution in [3.63, 3.8) is 0 Å². The lowest BCUT2D eigenvalue weighted by molar-refractivity contribution is 0.139. The van der Waals surface area contributed by atoms with E-state index in [9.17, 15) is 17.4 Å². The van der Waals surface area contributed by atoms with Crippen molar-refractivity contribution in [1.82, 2.24) is 0 Å². The first kappa shape index (κ1) is 14.3. The van der Waals surface area contributed by atoms with Gasteiger partial charge in [0.2, 0.25) is 0 Å². The molecule has 1 unspecified atom stereocenters. The lowest BCUT2D eigenvalue weighted by Gasteiger charge is -2.09. The maximum Gasteiger partial charge on any atom is 0.302 e. The zero-order valence-electron chi connectivity index (χ0n) is 9.05. The van der Waals surface area contributed by atoms with Crippen molar-refractivity contribution in [2.24, 2.45) is 0 Å². The average molecular weight is 282 g/mol. The third-order valence-corrected chi connectivity index (χ3v) is 3.65. The molecule has 1 rings (SSSR count). The predicted molar refractivity (Wildman–Crippen MR) is 60.4 cm³/mol. The second-order valence-electron chi connectivity index (χ2n) is 3.03. The standard InChI is InChI=1S/C9H12FO5PS/c1-2-7-4-3-5-8(10)9(7)17(12,13)15-6-14-16-11/h3-5H,2,6,16H2,1H3. The van der Waals surface area contributed by atoms with Crippen molar-refractivity contribution in [1.29, 1.82) is 0 Å². The molecule has 0 spiro atoms. The summed E-state index contributed by atoms with van der Waals surface area (Å²) in [5, 5.41) is 0. The molecule has 96 valence electrons. The van der Waals surface area contributed by atoms with E-state index in [1.165, 1.54) is 12.1 Å². The van der Waals surface area contributed by atoms with Crippen LogP contribution in [0.3, 0.4) is 0 Å². The van der Waals surface area contributed by atoms with Crippen molar-refractivity contribution >= 4 is 18.8 Å². The molecule has 1 atom stereocenters. The van der Waals surface area contributed by atoms with Gasteiger partial charge in [-0.05, 0) is 18.1 Å². The highest BCUT2D eigenvalue weighted by Crippen LogP contribution is 2.22. The molecule has 0 aliphatic carbocycles. The highest BCUT2D eigenvalue weighted by molar-refractivity contribution is 7.86. The number of rotatable bonds is 6. The van der Waals surface area contributed by atoms with Gasteiger partial charge in [0.15, 0.2) is 15.5 Å². The van der Waals surface area contributed by atoms with Crippen molar-refractivity contribution < 1.29 is 26.1 Å². The van der Waals surface area contributed by atoms with Crippen molar-refractivity contribution in [2.75, 3.05) is 6.79 Å². The van der Waals surface area contributed by atoms with Gasteiger partial charge in [-0.3, -0.25) is 4.57 Å². The molecule has 0 saturated carbocycles. The summed E-state index contributed by atoms with van der Waals surface area (Å²) in [7, 11) is -5.80. The first-order valence-electron chi connectivity index (χ1n) is 4.75. The molecule has 1 aromatic carbocycles. The van der Waals surface area contributed by atoms with E-state index in [0.29, 0.717) is 12.0 Å². The van der Waals surface area contributed by atoms with Crippen LogP contribution in [0.25, 0.3) is 0 Å². The van der Waals surface area contributed by atoms with Crippen LogP contribution < -0.4 is 0 Å². The molecule has 0 aromatic heterocycles. The summed E-state index contributed by atoms with van der Waals surface area (Å²) in [6.45, 7) is 1.02. The summed E-state index contributed by atoms with van der Waals surface area (Å²) in [6.07, 6.45) is 0.351. The number of benzene rings is 1. The molecular weight excluding hydrogens is 270 g/mol. The van der Waals surface area contributed by atoms with E-state index in [-0.39, 0.29) is 0 Å². The van der Waals surface area contributed by atoms with Crippen LogP contribution in [0.5, 0.6) is 0 Å². The molecule has 0 amide bonds. The molecular formula is C9H12FO5PS. The van der Waals surface area contributed by atoms with Gasteiger partial charge in [-0.15, -0.1) is 0 Å². The Morgan fingerprint density at radius 1 is 1.41 bits per heavy atom. The van der Waals surface area contributed by atoms with Crippen molar-refractivity contribution in [3.8, 4) is 0 Å². The maximum atomic E-state index is 13.5. The minimum Gasteiger partial charge on any atom is -0.304 e. The zero-order chi connectivity index (χ0) is 12.9. The minimum absolute atomic E-state index is 0.319. The van der Waals surface area contributed by atoms with E-state index in [1.807, 2.05) is 0 Å². The third kappa shape index (κ3) is 3.61. The van der Waals surface area contributed by atoms with Crippen molar-refractivity contribution in [2.45, 2.75) is 18.2 Å². The van der Waals surface area contributed by atoms with Gasteiger partial charge in [0, 0.05) is 0 Å². The molecule has 0 radical (unpaired) electrons. The Morgan fingerprint density at radius 2 is 2.12 bits per heavy atom. The Morgan fingerprint density at radius 3 is 2.71 bits per heavy atom. The molecule has 0 heterocycles. The first-order chi connectivity index (χ1) is 8.03. The number of hydrogen-bond donors (Lipinski definition) is 0. The molecule has 0 N–H and O–H groups in total. The van der Waals surface area contributed by atoms with Gasteiger partial charge >= 0.3 is 10.1 Å². The Bertz CT molecular complexity index is 502. The first-order valence-corrected chi connectivity index (χ1v) is 7.10. The quantitative estimate of drug-likeness (QED) is 0.344. The van der Waals surface area contributed by atoms with Crippen LogP contribution >= 0.6 is 8.69 Å². The monoisotopic (exact) mass is 282 g/mol. The molecule has 5 nitrogen and oxygen atoms in total. The third-order valence-electron chi connectivity index (χ3n) is 2.02. The second-order valence-corrected chi connectivity index (χ2v) is 5.11. The van der Waals surface area contributed by atoms with Crippen LogP contribution in [0.2, 0.25) is 0 Å². The molecule has 1 aromatic rings. The lowest BCUT2D eigenvalue weighted by atomic mass is 10.2. The number of aryl methyl sites for hydroxylation is 1. The normalized spacial score (nSPS) is 12.4. The Hall–Kier alpha value is -0.750. The summed E-state index contributed by atoms with van der Waals surface area (Å²) in [6, 6.07) is 3.96. The van der Waals surface area contributed by atoms with Crippen LogP contribution in [0, 0.1) is 5.82 Å². The molecule has 0 aliphatic heterocycles. The SMILES string of the molecule is CCc1cccc(F)c1S(=O)(=O)OCO[PH2]=O. The summed E-state index contributed by atoms with van der Waals surface area (Å²) < 4.78 is 55.6. The topological polar surface area (TPSA) is 69.7 Å². The summed E-state index contributed by atoms with van der Waals surface area (Å²) in [5.74, 6) is -0.876. The van der Waals surface area contributed by atoms with Gasteiger partial charge in [-0.25, -0.2) is 8.57 Å². The van der Waals surface area contributed by atoms with E-state index in [2.05, 4.69) is 8.71 Å². The van der Waals surface area contributed by atoms with E-state index in [0.717, 1.165) is 6.07 Å². The Kier molecular flexibility index (Phi) is 5.27. The molecule has 0 saturated heterocycles. The molecule has 0 fully saturated rings. The highest BCUT2D eigenvalue weighted by Gasteiger charge is 2.23. The summed E-state index contributed by atoms with van der Waals surface area (Å²) in [5.41, 5.74) is 0.319. The van der Waals surface area contributed by atoms with Gasteiger partial charge in [0.1, 0.15) is 10.7 Å². The predicted octanol–water partition coefficient (Wildman–Crippen LogP) is 1.74. The fourth-order valence-corrected chi connectivity index (χ4v) is 2.65. The molecule has 0 aliphatic rings. The average Bonchev–Trinajstić information content (AvgIpc) is 2.28. The molecule has 0 bridgehead atoms. The Labute approximate surface area is 100.0 Å². The van der Waals surface area contributed by atoms with Gasteiger partial charge in [0.05, 0.1) is 0 Å². The second kappa shape index (κ2) is 6.26. The van der Waals surface area contributed by atoms with Crippen molar-refractivity contribution in [3.05, 3.63) is 29.6 Å². The van der Waals surface area contributed by atoms with E-state index < -0.39 is 36.3 Å². The molecule has 17 heavy (non-hydrogen) atoms. The van der Waals surface area contributed by atoms with Gasteiger partial charge in [-0.2, -0.15) is 8.42 Å². The number of hydrogen-bond acceptors (Lipinski definition) is 5. The molecule has 8 heteroatoms. The zero-order valence-corrected chi connectivity index (χ0v) is 11.0. The smallest absolute Gasteiger partial charge is 0.302 e. The van der Waals surface area contributed by atoms with E-state index >= 15 is 0 Å². The van der Waals surface area contributed by atoms with Crippen LogP contribution in [0.15, 0.2) is 23.1 Å². The number of halogens is 1. The van der Waals surface area contributed by atoms with E-state index in [4.69, 9.17) is 0 Å². The highest BCUT2D eigenvalue weighted by atomic mass is 32.2. The van der Waals surface area contributed by atoms with Crippen LogP contribution in [-0.4, -0.2) is 15.2 Å². The van der Waals surface area contributed by atoms with Crippen LogP contribution in [0.4, 0.5) is 4.39 Å². The van der Waals surface area contributed by atoms with E-state index in [1.54, 1.807) is 6.92 Å². The van der Waals surface area contributed by atoms with Gasteiger partial charge in [0.25, 0.3) is 0 Å². The maximum absolute atomic E-state index is 13.5. The van der Waals surface area contributed by atoms with Crippen LogP contribution in [-0.2, 0) is 29.8 Å².